The number of hydrogen-bond acceptors (Lipinski definition) is 5. The first-order valence-corrected chi connectivity index (χ1v) is 8.74. The van der Waals surface area contributed by atoms with E-state index in [0.717, 1.165) is 5.56 Å². The highest BCUT2D eigenvalue weighted by molar-refractivity contribution is 5.80. The molecule has 1 aliphatic rings. The van der Waals surface area contributed by atoms with Gasteiger partial charge in [-0.2, -0.15) is 5.10 Å². The maximum Gasteiger partial charge on any atom is 0.314 e. The smallest absolute Gasteiger partial charge is 0.314 e. The van der Waals surface area contributed by atoms with E-state index in [1.807, 2.05) is 0 Å². The Hall–Kier alpha value is -2.87. The van der Waals surface area contributed by atoms with Gasteiger partial charge >= 0.3 is 5.97 Å². The van der Waals surface area contributed by atoms with Gasteiger partial charge in [0.1, 0.15) is 17.7 Å². The Morgan fingerprint density at radius 2 is 2.19 bits per heavy atom. The number of amides is 1. The van der Waals surface area contributed by atoms with Crippen LogP contribution in [0.25, 0.3) is 0 Å². The van der Waals surface area contributed by atoms with Crippen LogP contribution < -0.4 is 4.74 Å². The minimum Gasteiger partial charge on any atom is -0.497 e. The fraction of sp³-hybridized carbons (Fsp3) is 0.421. The van der Waals surface area contributed by atoms with Gasteiger partial charge < -0.3 is 19.8 Å². The third-order valence-corrected chi connectivity index (χ3v) is 5.07. The summed E-state index contributed by atoms with van der Waals surface area (Å²) in [4.78, 5) is 26.3. The van der Waals surface area contributed by atoms with Gasteiger partial charge in [0, 0.05) is 25.5 Å². The Morgan fingerprint density at radius 3 is 2.85 bits per heavy atom. The number of carbonyl (C=O) groups is 2. The molecule has 0 bridgehead atoms. The quantitative estimate of drug-likeness (QED) is 0.776. The molecule has 1 fully saturated rings. The summed E-state index contributed by atoms with van der Waals surface area (Å²) in [5.74, 6) is -0.721. The number of benzene rings is 1. The lowest BCUT2D eigenvalue weighted by Gasteiger charge is -2.43. The van der Waals surface area contributed by atoms with Crippen LogP contribution in [0.5, 0.6) is 5.75 Å². The maximum absolute atomic E-state index is 12.6. The lowest BCUT2D eigenvalue weighted by molar-refractivity contribution is -0.166. The standard InChI is InChI=1S/C19H23N3O5/c1-27-15-5-2-4-14(10-15)11-19(18(25)26)13-21(9-6-16(19)23)17(24)12-22-8-3-7-20-22/h2-5,7-8,10,16,23H,6,9,11-13H2,1H3,(H,25,26)/t16-,19-/m1/s1. The van der Waals surface area contributed by atoms with Crippen LogP contribution >= 0.6 is 0 Å². The van der Waals surface area contributed by atoms with Crippen molar-refractivity contribution in [3.8, 4) is 5.75 Å². The zero-order valence-corrected chi connectivity index (χ0v) is 15.1. The number of aromatic nitrogens is 2. The number of carbonyl (C=O) groups excluding carboxylic acids is 1. The first-order chi connectivity index (χ1) is 12.9. The van der Waals surface area contributed by atoms with Crippen LogP contribution in [-0.4, -0.2) is 63.1 Å². The van der Waals surface area contributed by atoms with Crippen LogP contribution in [0.1, 0.15) is 12.0 Å². The predicted octanol–water partition coefficient (Wildman–Crippen LogP) is 0.799. The van der Waals surface area contributed by atoms with Crippen LogP contribution in [0, 0.1) is 5.41 Å². The van der Waals surface area contributed by atoms with E-state index in [1.54, 1.807) is 42.7 Å². The largest absolute Gasteiger partial charge is 0.497 e. The average molecular weight is 373 g/mol. The van der Waals surface area contributed by atoms with E-state index in [2.05, 4.69) is 5.10 Å². The van der Waals surface area contributed by atoms with Crippen molar-refractivity contribution in [1.82, 2.24) is 14.7 Å². The van der Waals surface area contributed by atoms with Gasteiger partial charge in [-0.3, -0.25) is 14.3 Å². The van der Waals surface area contributed by atoms with Gasteiger partial charge in [0.15, 0.2) is 0 Å². The second kappa shape index (κ2) is 7.79. The Labute approximate surface area is 157 Å². The molecule has 0 aliphatic carbocycles. The van der Waals surface area contributed by atoms with Crippen molar-refractivity contribution in [2.24, 2.45) is 5.41 Å². The van der Waals surface area contributed by atoms with Crippen molar-refractivity contribution < 1.29 is 24.5 Å². The van der Waals surface area contributed by atoms with Crippen molar-refractivity contribution in [1.29, 1.82) is 0 Å². The van der Waals surface area contributed by atoms with E-state index in [0.29, 0.717) is 12.3 Å². The molecule has 1 amide bonds. The number of ether oxygens (including phenoxy) is 1. The van der Waals surface area contributed by atoms with Gasteiger partial charge in [-0.25, -0.2) is 0 Å². The number of piperidine rings is 1. The van der Waals surface area contributed by atoms with Crippen LogP contribution in [0.3, 0.4) is 0 Å². The van der Waals surface area contributed by atoms with Crippen molar-refractivity contribution in [2.75, 3.05) is 20.2 Å². The summed E-state index contributed by atoms with van der Waals surface area (Å²) in [7, 11) is 1.54. The molecule has 1 aliphatic heterocycles. The highest BCUT2D eigenvalue weighted by Crippen LogP contribution is 2.35. The van der Waals surface area contributed by atoms with E-state index < -0.39 is 17.5 Å². The molecule has 8 nitrogen and oxygen atoms in total. The van der Waals surface area contributed by atoms with E-state index in [1.165, 1.54) is 16.7 Å². The molecule has 3 rings (SSSR count). The van der Waals surface area contributed by atoms with E-state index in [4.69, 9.17) is 4.74 Å². The van der Waals surface area contributed by atoms with Crippen molar-refractivity contribution >= 4 is 11.9 Å². The van der Waals surface area contributed by atoms with Crippen LogP contribution in [0.4, 0.5) is 0 Å². The number of carboxylic acid groups (broad SMARTS) is 1. The molecule has 1 aromatic carbocycles. The van der Waals surface area contributed by atoms with E-state index in [9.17, 15) is 19.8 Å². The molecule has 2 aromatic rings. The lowest BCUT2D eigenvalue weighted by Crippen LogP contribution is -2.58. The fourth-order valence-electron chi connectivity index (χ4n) is 3.53. The molecule has 8 heteroatoms. The third-order valence-electron chi connectivity index (χ3n) is 5.07. The molecule has 1 saturated heterocycles. The minimum absolute atomic E-state index is 0.0396. The summed E-state index contributed by atoms with van der Waals surface area (Å²) < 4.78 is 6.70. The minimum atomic E-state index is -1.47. The Morgan fingerprint density at radius 1 is 1.37 bits per heavy atom. The molecule has 1 aromatic heterocycles. The molecule has 2 atom stereocenters. The monoisotopic (exact) mass is 373 g/mol. The number of hydrogen-bond donors (Lipinski definition) is 2. The number of aliphatic hydroxyl groups is 1. The second-order valence-electron chi connectivity index (χ2n) is 6.81. The molecule has 2 N–H and O–H groups in total. The Balaban J connectivity index is 1.83. The number of carboxylic acids is 1. The first kappa shape index (κ1) is 18.9. The van der Waals surface area contributed by atoms with Gasteiger partial charge in [-0.1, -0.05) is 12.1 Å². The third kappa shape index (κ3) is 3.95. The molecule has 144 valence electrons. The summed E-state index contributed by atoms with van der Waals surface area (Å²) in [5.41, 5.74) is -0.734. The molecule has 2 heterocycles. The number of aliphatic carboxylic acids is 1. The number of nitrogens with zero attached hydrogens (tertiary/aromatic N) is 3. The summed E-state index contributed by atoms with van der Waals surface area (Å²) in [6, 6.07) is 8.82. The highest BCUT2D eigenvalue weighted by Gasteiger charge is 2.50. The highest BCUT2D eigenvalue weighted by atomic mass is 16.5. The number of aliphatic hydroxyl groups excluding tert-OH is 1. The maximum atomic E-state index is 12.6. The van der Waals surface area contributed by atoms with Gasteiger partial charge in [0.25, 0.3) is 0 Å². The van der Waals surface area contributed by atoms with Gasteiger partial charge in [-0.15, -0.1) is 0 Å². The van der Waals surface area contributed by atoms with Crippen LogP contribution in [0.15, 0.2) is 42.7 Å². The van der Waals surface area contributed by atoms with Gasteiger partial charge in [0.2, 0.25) is 5.91 Å². The second-order valence-corrected chi connectivity index (χ2v) is 6.81. The number of methoxy groups -OCH3 is 1. The summed E-state index contributed by atoms with van der Waals surface area (Å²) in [6.45, 7) is 0.299. The summed E-state index contributed by atoms with van der Waals surface area (Å²) >= 11 is 0. The molecule has 0 unspecified atom stereocenters. The molecular weight excluding hydrogens is 350 g/mol. The molecular formula is C19H23N3O5. The number of likely N-dealkylation sites (tertiary alicyclic amines) is 1. The summed E-state index contributed by atoms with van der Waals surface area (Å²) in [5, 5.41) is 24.5. The van der Waals surface area contributed by atoms with Gasteiger partial charge in [-0.05, 0) is 36.6 Å². The molecule has 0 radical (unpaired) electrons. The lowest BCUT2D eigenvalue weighted by atomic mass is 9.72. The molecule has 0 spiro atoms. The SMILES string of the molecule is COc1cccc(C[C@@]2(C(=O)O)CN(C(=O)Cn3cccn3)CC[C@H]2O)c1. The van der Waals surface area contributed by atoms with Crippen molar-refractivity contribution in [3.63, 3.8) is 0 Å². The van der Waals surface area contributed by atoms with E-state index >= 15 is 0 Å². The van der Waals surface area contributed by atoms with Crippen molar-refractivity contribution in [3.05, 3.63) is 48.3 Å². The molecule has 0 saturated carbocycles. The molecule has 27 heavy (non-hydrogen) atoms. The Bertz CT molecular complexity index is 807. The average Bonchev–Trinajstić information content (AvgIpc) is 3.16. The predicted molar refractivity (Wildman–Crippen MR) is 96.2 cm³/mol. The first-order valence-electron chi connectivity index (χ1n) is 8.74. The normalized spacial score (nSPS) is 22.4. The fourth-order valence-corrected chi connectivity index (χ4v) is 3.53. The number of rotatable bonds is 6. The van der Waals surface area contributed by atoms with Gasteiger partial charge in [0.05, 0.1) is 13.2 Å². The van der Waals surface area contributed by atoms with Crippen LogP contribution in [0.2, 0.25) is 0 Å². The topological polar surface area (TPSA) is 105 Å². The zero-order valence-electron chi connectivity index (χ0n) is 15.1. The summed E-state index contributed by atoms with van der Waals surface area (Å²) in [6.07, 6.45) is 2.53. The zero-order chi connectivity index (χ0) is 19.4. The van der Waals surface area contributed by atoms with E-state index in [-0.39, 0.29) is 31.8 Å². The Kier molecular flexibility index (Phi) is 5.46. The van der Waals surface area contributed by atoms with Crippen molar-refractivity contribution in [2.45, 2.75) is 25.5 Å². The van der Waals surface area contributed by atoms with Crippen LogP contribution in [-0.2, 0) is 22.6 Å².